The fraction of sp³-hybridized carbons (Fsp3) is 0.261. The van der Waals surface area contributed by atoms with Crippen LogP contribution in [-0.2, 0) is 21.4 Å². The first kappa shape index (κ1) is 20.2. The van der Waals surface area contributed by atoms with Gasteiger partial charge in [0.05, 0.1) is 17.2 Å². The highest BCUT2D eigenvalue weighted by Gasteiger charge is 2.34. The lowest BCUT2D eigenvalue weighted by Gasteiger charge is -2.18. The minimum absolute atomic E-state index is 0.117. The number of amides is 1. The van der Waals surface area contributed by atoms with E-state index in [4.69, 9.17) is 4.74 Å². The Morgan fingerprint density at radius 3 is 2.60 bits per heavy atom. The molecule has 1 aliphatic heterocycles. The zero-order chi connectivity index (χ0) is 21.1. The monoisotopic (exact) mass is 424 g/mol. The summed E-state index contributed by atoms with van der Waals surface area (Å²) in [5, 5.41) is 4.56. The smallest absolute Gasteiger partial charge is 0.265 e. The summed E-state index contributed by atoms with van der Waals surface area (Å²) in [5.41, 5.74) is 1.60. The number of para-hydroxylation sites is 1. The summed E-state index contributed by atoms with van der Waals surface area (Å²) in [4.78, 5) is 12.6. The average Bonchev–Trinajstić information content (AvgIpc) is 2.96. The van der Waals surface area contributed by atoms with Gasteiger partial charge in [-0.05, 0) is 36.9 Å². The molecule has 0 fully saturated rings. The third-order valence-electron chi connectivity index (χ3n) is 5.19. The van der Waals surface area contributed by atoms with Crippen LogP contribution >= 0.6 is 0 Å². The quantitative estimate of drug-likeness (QED) is 0.596. The van der Waals surface area contributed by atoms with Crippen molar-refractivity contribution in [2.45, 2.75) is 31.2 Å². The van der Waals surface area contributed by atoms with Gasteiger partial charge in [-0.3, -0.25) is 9.10 Å². The van der Waals surface area contributed by atoms with Crippen LogP contribution in [0.3, 0.4) is 0 Å². The average molecular weight is 425 g/mol. The number of hydrogen-bond donors (Lipinski definition) is 1. The largest absolute Gasteiger partial charge is 0.494 e. The van der Waals surface area contributed by atoms with Crippen molar-refractivity contribution < 1.29 is 17.9 Å². The predicted molar refractivity (Wildman–Crippen MR) is 117 cm³/mol. The summed E-state index contributed by atoms with van der Waals surface area (Å²) in [6, 6.07) is 18.5. The Morgan fingerprint density at radius 1 is 1.03 bits per heavy atom. The second-order valence-electron chi connectivity index (χ2n) is 7.13. The first-order chi connectivity index (χ1) is 14.5. The molecule has 0 atom stereocenters. The number of nitrogens with zero attached hydrogens (tertiary/aromatic N) is 1. The molecule has 0 unspecified atom stereocenters. The van der Waals surface area contributed by atoms with Gasteiger partial charge in [0, 0.05) is 30.5 Å². The standard InChI is InChI=1S/C23H24N2O4S/c1-2-29-20-12-4-3-8-18(20)16-24-22(26)14-7-15-25-19-11-5-9-17-10-6-13-21(23(17)19)30(25,27)28/h3-6,8-13H,2,7,14-16H2,1H3,(H,24,26). The molecular formula is C23H24N2O4S. The molecule has 0 saturated carbocycles. The van der Waals surface area contributed by atoms with E-state index in [2.05, 4.69) is 5.32 Å². The van der Waals surface area contributed by atoms with Crippen LogP contribution in [0.15, 0.2) is 65.6 Å². The van der Waals surface area contributed by atoms with Crippen LogP contribution in [-0.4, -0.2) is 27.5 Å². The summed E-state index contributed by atoms with van der Waals surface area (Å²) in [7, 11) is -3.58. The number of rotatable bonds is 8. The molecule has 0 saturated heterocycles. The molecule has 156 valence electrons. The van der Waals surface area contributed by atoms with Crippen molar-refractivity contribution in [3.8, 4) is 5.75 Å². The van der Waals surface area contributed by atoms with Gasteiger partial charge in [0.2, 0.25) is 5.91 Å². The second-order valence-corrected chi connectivity index (χ2v) is 8.96. The molecule has 0 aliphatic carbocycles. The van der Waals surface area contributed by atoms with Gasteiger partial charge < -0.3 is 10.1 Å². The molecule has 1 heterocycles. The first-order valence-electron chi connectivity index (χ1n) is 10.0. The van der Waals surface area contributed by atoms with Crippen molar-refractivity contribution in [1.29, 1.82) is 0 Å². The summed E-state index contributed by atoms with van der Waals surface area (Å²) in [5.74, 6) is 0.642. The number of ether oxygens (including phenoxy) is 1. The number of carbonyl (C=O) groups is 1. The molecule has 1 amide bonds. The number of hydrogen-bond acceptors (Lipinski definition) is 4. The van der Waals surface area contributed by atoms with Gasteiger partial charge in [-0.2, -0.15) is 0 Å². The number of benzene rings is 3. The molecule has 0 spiro atoms. The lowest BCUT2D eigenvalue weighted by Crippen LogP contribution is -2.30. The predicted octanol–water partition coefficient (Wildman–Crippen LogP) is 3.84. The van der Waals surface area contributed by atoms with E-state index in [0.717, 1.165) is 22.1 Å². The van der Waals surface area contributed by atoms with Gasteiger partial charge in [-0.1, -0.05) is 42.5 Å². The van der Waals surface area contributed by atoms with E-state index in [0.29, 0.717) is 30.2 Å². The molecule has 1 N–H and O–H groups in total. The molecule has 7 heteroatoms. The third-order valence-corrected chi connectivity index (χ3v) is 7.05. The maximum absolute atomic E-state index is 13.0. The van der Waals surface area contributed by atoms with Gasteiger partial charge in [0.15, 0.2) is 0 Å². The zero-order valence-electron chi connectivity index (χ0n) is 16.8. The van der Waals surface area contributed by atoms with Crippen LogP contribution in [0.5, 0.6) is 5.75 Å². The Bertz CT molecular complexity index is 1190. The Balaban J connectivity index is 1.37. The van der Waals surface area contributed by atoms with Crippen LogP contribution in [0.2, 0.25) is 0 Å². The maximum atomic E-state index is 13.0. The fourth-order valence-electron chi connectivity index (χ4n) is 3.81. The summed E-state index contributed by atoms with van der Waals surface area (Å²) < 4.78 is 32.9. The van der Waals surface area contributed by atoms with Crippen molar-refractivity contribution in [3.05, 3.63) is 66.2 Å². The Morgan fingerprint density at radius 2 is 1.80 bits per heavy atom. The van der Waals surface area contributed by atoms with Gasteiger partial charge in [-0.25, -0.2) is 8.42 Å². The van der Waals surface area contributed by atoms with E-state index in [1.165, 1.54) is 4.31 Å². The third kappa shape index (κ3) is 3.73. The van der Waals surface area contributed by atoms with Gasteiger partial charge >= 0.3 is 0 Å². The summed E-state index contributed by atoms with van der Waals surface area (Å²) >= 11 is 0. The SMILES string of the molecule is CCOc1ccccc1CNC(=O)CCCN1c2cccc3cccc(c23)S1(=O)=O. The van der Waals surface area contributed by atoms with Crippen molar-refractivity contribution in [1.82, 2.24) is 5.32 Å². The van der Waals surface area contributed by atoms with Gasteiger partial charge in [0.25, 0.3) is 10.0 Å². The molecule has 0 radical (unpaired) electrons. The summed E-state index contributed by atoms with van der Waals surface area (Å²) in [6.45, 7) is 3.12. The first-order valence-corrected chi connectivity index (χ1v) is 11.5. The molecule has 4 rings (SSSR count). The van der Waals surface area contributed by atoms with E-state index in [9.17, 15) is 13.2 Å². The van der Waals surface area contributed by atoms with Gasteiger partial charge in [-0.15, -0.1) is 0 Å². The van der Waals surface area contributed by atoms with Crippen LogP contribution < -0.4 is 14.4 Å². The minimum atomic E-state index is -3.58. The minimum Gasteiger partial charge on any atom is -0.494 e. The highest BCUT2D eigenvalue weighted by Crippen LogP contribution is 2.41. The lowest BCUT2D eigenvalue weighted by molar-refractivity contribution is -0.121. The Labute approximate surface area is 176 Å². The zero-order valence-corrected chi connectivity index (χ0v) is 17.6. The highest BCUT2D eigenvalue weighted by molar-refractivity contribution is 7.93. The molecule has 3 aromatic rings. The van der Waals surface area contributed by atoms with Crippen LogP contribution in [0.4, 0.5) is 5.69 Å². The Kier molecular flexibility index (Phi) is 5.63. The van der Waals surface area contributed by atoms with E-state index in [1.54, 1.807) is 12.1 Å². The maximum Gasteiger partial charge on any atom is 0.265 e. The fourth-order valence-corrected chi connectivity index (χ4v) is 5.56. The second kappa shape index (κ2) is 8.36. The lowest BCUT2D eigenvalue weighted by atomic mass is 10.1. The van der Waals surface area contributed by atoms with E-state index < -0.39 is 10.0 Å². The molecular weight excluding hydrogens is 400 g/mol. The topological polar surface area (TPSA) is 75.7 Å². The van der Waals surface area contributed by atoms with Crippen molar-refractivity contribution in [2.75, 3.05) is 17.5 Å². The van der Waals surface area contributed by atoms with Crippen LogP contribution in [0.25, 0.3) is 10.8 Å². The van der Waals surface area contributed by atoms with Crippen molar-refractivity contribution >= 4 is 32.4 Å². The molecule has 30 heavy (non-hydrogen) atoms. The number of carbonyl (C=O) groups excluding carboxylic acids is 1. The van der Waals surface area contributed by atoms with Crippen LogP contribution in [0, 0.1) is 0 Å². The number of nitrogens with one attached hydrogen (secondary N) is 1. The van der Waals surface area contributed by atoms with E-state index >= 15 is 0 Å². The molecule has 0 bridgehead atoms. The van der Waals surface area contributed by atoms with Crippen molar-refractivity contribution in [2.24, 2.45) is 0 Å². The molecule has 6 nitrogen and oxygen atoms in total. The number of anilines is 1. The van der Waals surface area contributed by atoms with E-state index in [1.807, 2.05) is 55.5 Å². The Hall–Kier alpha value is -3.06. The normalized spacial score (nSPS) is 14.1. The molecule has 3 aromatic carbocycles. The van der Waals surface area contributed by atoms with Gasteiger partial charge in [0.1, 0.15) is 5.75 Å². The van der Waals surface area contributed by atoms with Crippen molar-refractivity contribution in [3.63, 3.8) is 0 Å². The van der Waals surface area contributed by atoms with E-state index in [-0.39, 0.29) is 18.9 Å². The summed E-state index contributed by atoms with van der Waals surface area (Å²) in [6.07, 6.45) is 0.678. The number of sulfonamides is 1. The molecule has 1 aliphatic rings. The van der Waals surface area contributed by atoms with Crippen LogP contribution in [0.1, 0.15) is 25.3 Å². The molecule has 0 aromatic heterocycles. The highest BCUT2D eigenvalue weighted by atomic mass is 32.2.